The van der Waals surface area contributed by atoms with Crippen LogP contribution in [0.5, 0.6) is 0 Å². The van der Waals surface area contributed by atoms with E-state index in [9.17, 15) is 18.6 Å². The molecule has 0 aromatic heterocycles. The van der Waals surface area contributed by atoms with Crippen LogP contribution in [0.3, 0.4) is 0 Å². The van der Waals surface area contributed by atoms with Crippen LogP contribution in [-0.4, -0.2) is 43.9 Å². The van der Waals surface area contributed by atoms with Crippen LogP contribution in [0.25, 0.3) is 0 Å². The third-order valence-electron chi connectivity index (χ3n) is 3.26. The molecule has 0 spiro atoms. The topological polar surface area (TPSA) is 130 Å². The summed E-state index contributed by atoms with van der Waals surface area (Å²) in [5, 5.41) is 24.3. The Kier molecular flexibility index (Phi) is 3.43. The fourth-order valence-corrected chi connectivity index (χ4v) is 3.12. The fourth-order valence-electron chi connectivity index (χ4n) is 2.28. The van der Waals surface area contributed by atoms with Gasteiger partial charge in [-0.2, -0.15) is 0 Å². The summed E-state index contributed by atoms with van der Waals surface area (Å²) in [4.78, 5) is 1.65. The van der Waals surface area contributed by atoms with Crippen molar-refractivity contribution in [1.82, 2.24) is 0 Å². The van der Waals surface area contributed by atoms with E-state index in [0.717, 1.165) is 0 Å². The first-order chi connectivity index (χ1) is 8.70. The zero-order valence-electron chi connectivity index (χ0n) is 10.4. The molecule has 7 nitrogen and oxygen atoms in total. The molecule has 2 unspecified atom stereocenters. The molecule has 106 valence electrons. The van der Waals surface area contributed by atoms with Gasteiger partial charge < -0.3 is 20.8 Å². The molecule has 1 saturated heterocycles. The average Bonchev–Trinajstić information content (AvgIpc) is 2.60. The van der Waals surface area contributed by atoms with Crippen LogP contribution in [0.2, 0.25) is 0 Å². The maximum atomic E-state index is 11.5. The van der Waals surface area contributed by atoms with Crippen LogP contribution in [0.1, 0.15) is 5.56 Å². The van der Waals surface area contributed by atoms with Gasteiger partial charge in [0.05, 0.1) is 17.1 Å². The van der Waals surface area contributed by atoms with Gasteiger partial charge in [-0.05, 0) is 24.6 Å². The summed E-state index contributed by atoms with van der Waals surface area (Å²) in [5.74, 6) is 0. The molecule has 0 saturated carbocycles. The predicted octanol–water partition coefficient (Wildman–Crippen LogP) is -1.23. The highest BCUT2D eigenvalue weighted by molar-refractivity contribution is 7.89. The number of primary sulfonamides is 1. The zero-order valence-corrected chi connectivity index (χ0v) is 11.3. The molecule has 1 fully saturated rings. The normalized spacial score (nSPS) is 23.9. The Hall–Kier alpha value is -1.35. The highest BCUT2D eigenvalue weighted by atomic mass is 32.2. The second-order valence-corrected chi connectivity index (χ2v) is 6.28. The molecule has 0 aliphatic carbocycles. The molecule has 19 heavy (non-hydrogen) atoms. The van der Waals surface area contributed by atoms with E-state index < -0.39 is 22.2 Å². The summed E-state index contributed by atoms with van der Waals surface area (Å²) < 4.78 is 23.0. The maximum Gasteiger partial charge on any atom is 0.238 e. The summed E-state index contributed by atoms with van der Waals surface area (Å²) in [5.41, 5.74) is 6.97. The van der Waals surface area contributed by atoms with Crippen LogP contribution in [0, 0.1) is 6.92 Å². The quantitative estimate of drug-likeness (QED) is 0.504. The van der Waals surface area contributed by atoms with Crippen molar-refractivity contribution in [3.8, 4) is 0 Å². The lowest BCUT2D eigenvalue weighted by atomic mass is 10.1. The number of aliphatic hydroxyl groups excluding tert-OH is 2. The van der Waals surface area contributed by atoms with E-state index in [1.165, 1.54) is 6.07 Å². The number of nitrogens with two attached hydrogens (primary N) is 2. The molecule has 1 aromatic carbocycles. The molecule has 0 amide bonds. The highest BCUT2D eigenvalue weighted by Gasteiger charge is 2.31. The number of anilines is 2. The molecule has 1 aliphatic heterocycles. The van der Waals surface area contributed by atoms with Gasteiger partial charge in [-0.1, -0.05) is 0 Å². The lowest BCUT2D eigenvalue weighted by Gasteiger charge is -2.22. The van der Waals surface area contributed by atoms with Crippen LogP contribution < -0.4 is 15.8 Å². The average molecular weight is 287 g/mol. The van der Waals surface area contributed by atoms with E-state index in [0.29, 0.717) is 11.3 Å². The third kappa shape index (κ3) is 2.66. The number of benzene rings is 1. The minimum absolute atomic E-state index is 0.0432. The minimum Gasteiger partial charge on any atom is -0.399 e. The summed E-state index contributed by atoms with van der Waals surface area (Å²) in [6, 6.07) is 2.91. The van der Waals surface area contributed by atoms with Crippen molar-refractivity contribution < 1.29 is 18.6 Å². The Morgan fingerprint density at radius 3 is 2.26 bits per heavy atom. The number of rotatable bonds is 2. The van der Waals surface area contributed by atoms with Gasteiger partial charge in [0, 0.05) is 24.5 Å². The first-order valence-electron chi connectivity index (χ1n) is 5.74. The molecule has 6 N–H and O–H groups in total. The summed E-state index contributed by atoms with van der Waals surface area (Å²) >= 11 is 0. The van der Waals surface area contributed by atoms with Gasteiger partial charge in [0.25, 0.3) is 0 Å². The zero-order chi connectivity index (χ0) is 14.4. The Labute approximate surface area is 111 Å². The SMILES string of the molecule is Cc1c(N2CC(O)C(O)C2)cc(N)cc1S(N)(=O)=O. The number of sulfonamides is 1. The monoisotopic (exact) mass is 287 g/mol. The molecule has 1 heterocycles. The van der Waals surface area contributed by atoms with Crippen LogP contribution in [0.4, 0.5) is 11.4 Å². The minimum atomic E-state index is -3.87. The molecule has 2 rings (SSSR count). The Bertz CT molecular complexity index is 592. The molecule has 0 radical (unpaired) electrons. The van der Waals surface area contributed by atoms with Crippen molar-refractivity contribution in [3.63, 3.8) is 0 Å². The summed E-state index contributed by atoms with van der Waals surface area (Å²) in [6.45, 7) is 2.05. The maximum absolute atomic E-state index is 11.5. The van der Waals surface area contributed by atoms with Crippen LogP contribution in [-0.2, 0) is 10.0 Å². The van der Waals surface area contributed by atoms with Crippen molar-refractivity contribution in [2.45, 2.75) is 24.0 Å². The highest BCUT2D eigenvalue weighted by Crippen LogP contribution is 2.31. The summed E-state index contributed by atoms with van der Waals surface area (Å²) in [6.07, 6.45) is -1.72. The Balaban J connectivity index is 2.51. The second-order valence-electron chi connectivity index (χ2n) is 4.75. The second kappa shape index (κ2) is 4.64. The van der Waals surface area contributed by atoms with Crippen molar-refractivity contribution in [1.29, 1.82) is 0 Å². The lowest BCUT2D eigenvalue weighted by molar-refractivity contribution is 0.0572. The van der Waals surface area contributed by atoms with E-state index in [4.69, 9.17) is 10.9 Å². The first kappa shape index (κ1) is 14.1. The van der Waals surface area contributed by atoms with Gasteiger partial charge in [0.1, 0.15) is 0 Å². The molecule has 1 aromatic rings. The first-order valence-corrected chi connectivity index (χ1v) is 7.29. The smallest absolute Gasteiger partial charge is 0.238 e. The standard InChI is InChI=1S/C11H17N3O4S/c1-6-8(14-4-9(15)10(16)5-14)2-7(12)3-11(6)19(13,17)18/h2-3,9-10,15-16H,4-5,12H2,1H3,(H2,13,17,18). The van der Waals surface area contributed by atoms with E-state index in [1.54, 1.807) is 17.9 Å². The van der Waals surface area contributed by atoms with Crippen molar-refractivity contribution in [3.05, 3.63) is 17.7 Å². The molecular formula is C11H17N3O4S. The number of hydrogen-bond acceptors (Lipinski definition) is 6. The number of nitrogen functional groups attached to an aromatic ring is 1. The Morgan fingerprint density at radius 2 is 1.79 bits per heavy atom. The molecular weight excluding hydrogens is 270 g/mol. The largest absolute Gasteiger partial charge is 0.399 e. The van der Waals surface area contributed by atoms with Crippen molar-refractivity contribution in [2.75, 3.05) is 23.7 Å². The van der Waals surface area contributed by atoms with Crippen molar-refractivity contribution in [2.24, 2.45) is 5.14 Å². The number of aliphatic hydroxyl groups is 2. The van der Waals surface area contributed by atoms with E-state index in [-0.39, 0.29) is 23.7 Å². The molecule has 2 atom stereocenters. The van der Waals surface area contributed by atoms with Gasteiger partial charge in [-0.25, -0.2) is 13.6 Å². The number of nitrogens with zero attached hydrogens (tertiary/aromatic N) is 1. The van der Waals surface area contributed by atoms with Gasteiger partial charge >= 0.3 is 0 Å². The molecule has 1 aliphatic rings. The van der Waals surface area contributed by atoms with Crippen molar-refractivity contribution >= 4 is 21.4 Å². The van der Waals surface area contributed by atoms with E-state index in [1.807, 2.05) is 0 Å². The summed E-state index contributed by atoms with van der Waals surface area (Å²) in [7, 11) is -3.87. The predicted molar refractivity (Wildman–Crippen MR) is 71.2 cm³/mol. The lowest BCUT2D eigenvalue weighted by Crippen LogP contribution is -2.24. The molecule has 8 heteroatoms. The third-order valence-corrected chi connectivity index (χ3v) is 4.30. The Morgan fingerprint density at radius 1 is 1.26 bits per heavy atom. The molecule has 0 bridgehead atoms. The van der Waals surface area contributed by atoms with E-state index >= 15 is 0 Å². The number of β-amino-alcohol motifs (C(OH)–C–C–N with tert-alkyl or cyclic N) is 2. The number of hydrogen-bond donors (Lipinski definition) is 4. The van der Waals surface area contributed by atoms with Crippen LogP contribution >= 0.6 is 0 Å². The van der Waals surface area contributed by atoms with Gasteiger partial charge in [0.2, 0.25) is 10.0 Å². The van der Waals surface area contributed by atoms with Gasteiger partial charge in [-0.3, -0.25) is 0 Å². The van der Waals surface area contributed by atoms with Gasteiger partial charge in [-0.15, -0.1) is 0 Å². The van der Waals surface area contributed by atoms with Crippen LogP contribution in [0.15, 0.2) is 17.0 Å². The van der Waals surface area contributed by atoms with E-state index in [2.05, 4.69) is 0 Å². The van der Waals surface area contributed by atoms with Gasteiger partial charge in [0.15, 0.2) is 0 Å². The fraction of sp³-hybridized carbons (Fsp3) is 0.455.